The van der Waals surface area contributed by atoms with Crippen molar-refractivity contribution in [3.05, 3.63) is 0 Å². The summed E-state index contributed by atoms with van der Waals surface area (Å²) in [5, 5.41) is 8.35. The average molecular weight is 185 g/mol. The lowest BCUT2D eigenvalue weighted by Crippen LogP contribution is -2.45. The highest BCUT2D eigenvalue weighted by atomic mass is 19.4. The van der Waals surface area contributed by atoms with Gasteiger partial charge in [0.25, 0.3) is 0 Å². The van der Waals surface area contributed by atoms with Crippen molar-refractivity contribution in [2.75, 3.05) is 0 Å². The molecule has 0 rings (SSSR count). The smallest absolute Gasteiger partial charge is 0.389 e. The van der Waals surface area contributed by atoms with Crippen molar-refractivity contribution >= 4 is 5.97 Å². The van der Waals surface area contributed by atoms with Gasteiger partial charge in [0.15, 0.2) is 0 Å². The van der Waals surface area contributed by atoms with Gasteiger partial charge in [-0.3, -0.25) is 4.79 Å². The Kier molecular flexibility index (Phi) is 3.09. The molecule has 12 heavy (non-hydrogen) atoms. The predicted octanol–water partition coefficient (Wildman–Crippen LogP) is 1.13. The van der Waals surface area contributed by atoms with Gasteiger partial charge in [0.1, 0.15) is 5.54 Å². The van der Waals surface area contributed by atoms with Crippen molar-refractivity contribution in [2.45, 2.75) is 31.5 Å². The van der Waals surface area contributed by atoms with Crippen LogP contribution in [0.5, 0.6) is 0 Å². The van der Waals surface area contributed by atoms with Gasteiger partial charge in [-0.25, -0.2) is 0 Å². The number of rotatable bonds is 3. The van der Waals surface area contributed by atoms with Gasteiger partial charge in [0, 0.05) is 6.42 Å². The van der Waals surface area contributed by atoms with E-state index in [-0.39, 0.29) is 0 Å². The van der Waals surface area contributed by atoms with Gasteiger partial charge in [-0.05, 0) is 13.3 Å². The molecule has 0 aromatic heterocycles. The van der Waals surface area contributed by atoms with Crippen molar-refractivity contribution in [3.8, 4) is 0 Å². The summed E-state index contributed by atoms with van der Waals surface area (Å²) in [7, 11) is 0. The molecule has 3 N–H and O–H groups in total. The number of alkyl halides is 3. The number of hydrogen-bond acceptors (Lipinski definition) is 2. The van der Waals surface area contributed by atoms with Crippen LogP contribution in [-0.2, 0) is 4.79 Å². The first-order valence-corrected chi connectivity index (χ1v) is 3.24. The fourth-order valence-electron chi connectivity index (χ4n) is 0.508. The molecule has 3 nitrogen and oxygen atoms in total. The van der Waals surface area contributed by atoms with Crippen LogP contribution in [0.2, 0.25) is 0 Å². The molecule has 0 aromatic rings. The zero-order valence-electron chi connectivity index (χ0n) is 6.48. The predicted molar refractivity (Wildman–Crippen MR) is 35.5 cm³/mol. The van der Waals surface area contributed by atoms with Gasteiger partial charge in [0.2, 0.25) is 0 Å². The van der Waals surface area contributed by atoms with Crippen LogP contribution < -0.4 is 5.73 Å². The highest BCUT2D eigenvalue weighted by molar-refractivity contribution is 5.77. The SMILES string of the molecule is CC(N)(CCC(F)(F)F)C(=O)O. The molecule has 1 atom stereocenters. The van der Waals surface area contributed by atoms with Gasteiger partial charge in [-0.15, -0.1) is 0 Å². The molecule has 0 aliphatic heterocycles. The fraction of sp³-hybridized carbons (Fsp3) is 0.833. The Morgan fingerprint density at radius 2 is 1.83 bits per heavy atom. The lowest BCUT2D eigenvalue weighted by Gasteiger charge is -2.19. The second-order valence-electron chi connectivity index (χ2n) is 2.84. The minimum atomic E-state index is -4.35. The molecule has 0 fully saturated rings. The maximum absolute atomic E-state index is 11.6. The van der Waals surface area contributed by atoms with E-state index in [0.29, 0.717) is 0 Å². The fourth-order valence-corrected chi connectivity index (χ4v) is 0.508. The van der Waals surface area contributed by atoms with Crippen LogP contribution in [-0.4, -0.2) is 22.8 Å². The van der Waals surface area contributed by atoms with Crippen LogP contribution in [0.4, 0.5) is 13.2 Å². The average Bonchev–Trinajstić information content (AvgIpc) is 1.82. The van der Waals surface area contributed by atoms with Gasteiger partial charge in [0.05, 0.1) is 0 Å². The first-order valence-electron chi connectivity index (χ1n) is 3.24. The van der Waals surface area contributed by atoms with Crippen LogP contribution >= 0.6 is 0 Å². The van der Waals surface area contributed by atoms with Crippen LogP contribution in [0.25, 0.3) is 0 Å². The Morgan fingerprint density at radius 3 is 2.08 bits per heavy atom. The largest absolute Gasteiger partial charge is 0.480 e. The van der Waals surface area contributed by atoms with E-state index in [1.165, 1.54) is 0 Å². The van der Waals surface area contributed by atoms with E-state index in [2.05, 4.69) is 0 Å². The van der Waals surface area contributed by atoms with Crippen LogP contribution in [0.1, 0.15) is 19.8 Å². The molecular weight excluding hydrogens is 175 g/mol. The first-order chi connectivity index (χ1) is 5.15. The molecule has 72 valence electrons. The standard InChI is InChI=1S/C6H10F3NO2/c1-5(10,4(11)12)2-3-6(7,8)9/h2-3,10H2,1H3,(H,11,12). The lowest BCUT2D eigenvalue weighted by molar-refractivity contribution is -0.150. The van der Waals surface area contributed by atoms with Crippen molar-refractivity contribution in [1.29, 1.82) is 0 Å². The van der Waals surface area contributed by atoms with E-state index in [4.69, 9.17) is 10.8 Å². The summed E-state index contributed by atoms with van der Waals surface area (Å²) in [4.78, 5) is 10.2. The Labute approximate surface area is 67.4 Å². The molecule has 0 aliphatic rings. The molecule has 0 saturated carbocycles. The Bertz CT molecular complexity index is 176. The second-order valence-corrected chi connectivity index (χ2v) is 2.84. The van der Waals surface area contributed by atoms with Crippen molar-refractivity contribution < 1.29 is 23.1 Å². The summed E-state index contributed by atoms with van der Waals surface area (Å²) < 4.78 is 34.8. The van der Waals surface area contributed by atoms with Gasteiger partial charge >= 0.3 is 12.1 Å². The van der Waals surface area contributed by atoms with E-state index in [1.54, 1.807) is 0 Å². The Balaban J connectivity index is 4.01. The number of halogens is 3. The molecule has 0 radical (unpaired) electrons. The van der Waals surface area contributed by atoms with E-state index in [1.807, 2.05) is 0 Å². The van der Waals surface area contributed by atoms with Gasteiger partial charge < -0.3 is 10.8 Å². The summed E-state index contributed by atoms with van der Waals surface area (Å²) in [5.74, 6) is -1.42. The summed E-state index contributed by atoms with van der Waals surface area (Å²) in [5.41, 5.74) is 3.27. The van der Waals surface area contributed by atoms with E-state index < -0.39 is 30.5 Å². The van der Waals surface area contributed by atoms with E-state index in [0.717, 1.165) is 6.92 Å². The number of carboxylic acid groups (broad SMARTS) is 1. The van der Waals surface area contributed by atoms with E-state index in [9.17, 15) is 18.0 Å². The maximum atomic E-state index is 11.6. The highest BCUT2D eigenvalue weighted by Gasteiger charge is 2.35. The molecule has 0 aromatic carbocycles. The zero-order chi connectivity index (χ0) is 9.99. The minimum Gasteiger partial charge on any atom is -0.480 e. The maximum Gasteiger partial charge on any atom is 0.389 e. The number of aliphatic carboxylic acids is 1. The number of nitrogens with two attached hydrogens (primary N) is 1. The first kappa shape index (κ1) is 11.2. The quantitative estimate of drug-likeness (QED) is 0.692. The topological polar surface area (TPSA) is 63.3 Å². The van der Waals surface area contributed by atoms with Crippen molar-refractivity contribution in [3.63, 3.8) is 0 Å². The van der Waals surface area contributed by atoms with Crippen molar-refractivity contribution in [2.24, 2.45) is 5.73 Å². The molecule has 6 heteroatoms. The van der Waals surface area contributed by atoms with Gasteiger partial charge in [-0.2, -0.15) is 13.2 Å². The van der Waals surface area contributed by atoms with Gasteiger partial charge in [-0.1, -0.05) is 0 Å². The van der Waals surface area contributed by atoms with E-state index >= 15 is 0 Å². The molecule has 0 bridgehead atoms. The van der Waals surface area contributed by atoms with Crippen LogP contribution in [0, 0.1) is 0 Å². The summed E-state index contributed by atoms with van der Waals surface area (Å²) in [6, 6.07) is 0. The zero-order valence-corrected chi connectivity index (χ0v) is 6.48. The summed E-state index contributed by atoms with van der Waals surface area (Å²) in [6.07, 6.45) is -6.13. The molecule has 0 saturated heterocycles. The van der Waals surface area contributed by atoms with Crippen LogP contribution in [0.15, 0.2) is 0 Å². The highest BCUT2D eigenvalue weighted by Crippen LogP contribution is 2.24. The lowest BCUT2D eigenvalue weighted by atomic mass is 9.97. The summed E-state index contributed by atoms with van der Waals surface area (Å²) in [6.45, 7) is 1.06. The molecule has 0 heterocycles. The Morgan fingerprint density at radius 1 is 1.42 bits per heavy atom. The third-order valence-electron chi connectivity index (χ3n) is 1.42. The minimum absolute atomic E-state index is 0.605. The number of carboxylic acids is 1. The Hall–Kier alpha value is -0.780. The molecule has 0 spiro atoms. The monoisotopic (exact) mass is 185 g/mol. The number of hydrogen-bond donors (Lipinski definition) is 2. The third kappa shape index (κ3) is 4.17. The number of carbonyl (C=O) groups is 1. The molecule has 0 aliphatic carbocycles. The normalized spacial score (nSPS) is 17.1. The van der Waals surface area contributed by atoms with Crippen LogP contribution in [0.3, 0.4) is 0 Å². The summed E-state index contributed by atoms with van der Waals surface area (Å²) >= 11 is 0. The second kappa shape index (κ2) is 3.30. The molecular formula is C6H10F3NO2. The third-order valence-corrected chi connectivity index (χ3v) is 1.42. The molecule has 0 amide bonds. The molecule has 1 unspecified atom stereocenters. The van der Waals surface area contributed by atoms with Crippen molar-refractivity contribution in [1.82, 2.24) is 0 Å².